The quantitative estimate of drug-likeness (QED) is 0.595. The molecule has 3 rings (SSSR count). The van der Waals surface area contributed by atoms with Crippen LogP contribution in [0.2, 0.25) is 0 Å². The number of piperidine rings is 1. The molecule has 9 heteroatoms. The van der Waals surface area contributed by atoms with Crippen LogP contribution in [0.5, 0.6) is 11.5 Å². The lowest BCUT2D eigenvalue weighted by atomic mass is 10.2. The van der Waals surface area contributed by atoms with E-state index in [0.717, 1.165) is 29.9 Å². The Labute approximate surface area is 188 Å². The van der Waals surface area contributed by atoms with Crippen LogP contribution in [0.3, 0.4) is 0 Å². The number of nitrogens with one attached hydrogen (secondary N) is 1. The molecule has 31 heavy (non-hydrogen) atoms. The molecule has 0 radical (unpaired) electrons. The van der Waals surface area contributed by atoms with Gasteiger partial charge in [-0.2, -0.15) is 4.31 Å². The van der Waals surface area contributed by atoms with Gasteiger partial charge in [0.05, 0.1) is 30.1 Å². The predicted molar refractivity (Wildman–Crippen MR) is 123 cm³/mol. The van der Waals surface area contributed by atoms with Crippen LogP contribution in [0.25, 0.3) is 0 Å². The maximum absolute atomic E-state index is 13.0. The lowest BCUT2D eigenvalue weighted by Crippen LogP contribution is -2.35. The average molecular weight is 465 g/mol. The van der Waals surface area contributed by atoms with Crippen molar-refractivity contribution in [3.63, 3.8) is 0 Å². The summed E-state index contributed by atoms with van der Waals surface area (Å²) in [6.45, 7) is 2.84. The fraction of sp³-hybridized carbons (Fsp3) is 0.409. The summed E-state index contributed by atoms with van der Waals surface area (Å²) in [7, 11) is -0.523. The summed E-state index contributed by atoms with van der Waals surface area (Å²) in [5, 5.41) is 2.42. The maximum Gasteiger partial charge on any atom is 0.243 e. The predicted octanol–water partition coefficient (Wildman–Crippen LogP) is 4.00. The minimum Gasteiger partial charge on any atom is -0.497 e. The van der Waals surface area contributed by atoms with E-state index in [4.69, 9.17) is 9.47 Å². The van der Waals surface area contributed by atoms with Crippen molar-refractivity contribution in [2.75, 3.05) is 32.6 Å². The van der Waals surface area contributed by atoms with Gasteiger partial charge in [-0.1, -0.05) is 6.42 Å². The monoisotopic (exact) mass is 464 g/mol. The lowest BCUT2D eigenvalue weighted by molar-refractivity contribution is -0.115. The molecular weight excluding hydrogens is 436 g/mol. The highest BCUT2D eigenvalue weighted by Gasteiger charge is 2.27. The third kappa shape index (κ3) is 5.72. The Morgan fingerprint density at radius 2 is 1.71 bits per heavy atom. The second kappa shape index (κ2) is 10.4. The van der Waals surface area contributed by atoms with Gasteiger partial charge in [0.15, 0.2) is 0 Å². The highest BCUT2D eigenvalue weighted by Crippen LogP contribution is 2.31. The summed E-state index contributed by atoms with van der Waals surface area (Å²) >= 11 is 1.40. The van der Waals surface area contributed by atoms with E-state index in [1.807, 2.05) is 24.3 Å². The molecule has 1 saturated heterocycles. The molecule has 1 aliphatic rings. The van der Waals surface area contributed by atoms with Gasteiger partial charge in [0.25, 0.3) is 0 Å². The van der Waals surface area contributed by atoms with Gasteiger partial charge < -0.3 is 14.8 Å². The number of anilines is 1. The molecule has 1 aliphatic heterocycles. The number of nitrogens with zero attached hydrogens (tertiary/aromatic N) is 1. The van der Waals surface area contributed by atoms with Gasteiger partial charge in [-0.05, 0) is 62.2 Å². The van der Waals surface area contributed by atoms with Crippen molar-refractivity contribution in [1.29, 1.82) is 0 Å². The zero-order valence-corrected chi connectivity index (χ0v) is 19.6. The molecule has 0 saturated carbocycles. The highest BCUT2D eigenvalue weighted by molar-refractivity contribution is 8.00. The molecule has 7 nitrogen and oxygen atoms in total. The first-order valence-electron chi connectivity index (χ1n) is 10.1. The SMILES string of the molecule is COc1ccc(SC(C)C(=O)Nc2cc(S(=O)(=O)N3CCCCC3)ccc2OC)cc1. The number of ether oxygens (including phenoxy) is 2. The number of carbonyl (C=O) groups excluding carboxylic acids is 1. The number of sulfonamides is 1. The number of carbonyl (C=O) groups is 1. The Hall–Kier alpha value is -2.23. The van der Waals surface area contributed by atoms with Crippen LogP contribution in [0.1, 0.15) is 26.2 Å². The van der Waals surface area contributed by atoms with Crippen LogP contribution in [0.4, 0.5) is 5.69 Å². The molecule has 1 amide bonds. The van der Waals surface area contributed by atoms with Crippen molar-refractivity contribution < 1.29 is 22.7 Å². The summed E-state index contributed by atoms with van der Waals surface area (Å²) < 4.78 is 38.0. The van der Waals surface area contributed by atoms with Gasteiger partial charge in [-0.3, -0.25) is 4.79 Å². The average Bonchev–Trinajstić information content (AvgIpc) is 2.80. The zero-order chi connectivity index (χ0) is 22.4. The smallest absolute Gasteiger partial charge is 0.243 e. The third-order valence-corrected chi connectivity index (χ3v) is 8.13. The van der Waals surface area contributed by atoms with Crippen molar-refractivity contribution in [3.05, 3.63) is 42.5 Å². The molecule has 2 aromatic rings. The lowest BCUT2D eigenvalue weighted by Gasteiger charge is -2.26. The minimum absolute atomic E-state index is 0.154. The van der Waals surface area contributed by atoms with Gasteiger partial charge >= 0.3 is 0 Å². The van der Waals surface area contributed by atoms with E-state index in [1.54, 1.807) is 20.1 Å². The number of rotatable bonds is 8. The Morgan fingerprint density at radius 1 is 1.03 bits per heavy atom. The van der Waals surface area contributed by atoms with E-state index < -0.39 is 15.3 Å². The summed E-state index contributed by atoms with van der Waals surface area (Å²) in [5.41, 5.74) is 0.341. The normalized spacial score (nSPS) is 15.8. The number of hydrogen-bond acceptors (Lipinski definition) is 6. The molecule has 0 spiro atoms. The first-order valence-corrected chi connectivity index (χ1v) is 12.5. The molecule has 2 aromatic carbocycles. The number of hydrogen-bond donors (Lipinski definition) is 1. The van der Waals surface area contributed by atoms with E-state index in [9.17, 15) is 13.2 Å². The molecule has 1 heterocycles. The fourth-order valence-corrected chi connectivity index (χ4v) is 5.76. The van der Waals surface area contributed by atoms with Crippen molar-refractivity contribution in [2.24, 2.45) is 0 Å². The summed E-state index contributed by atoms with van der Waals surface area (Å²) in [5.74, 6) is 0.914. The first kappa shape index (κ1) is 23.4. The van der Waals surface area contributed by atoms with Gasteiger partial charge in [0, 0.05) is 18.0 Å². The van der Waals surface area contributed by atoms with Crippen molar-refractivity contribution in [2.45, 2.75) is 41.2 Å². The van der Waals surface area contributed by atoms with Crippen molar-refractivity contribution in [1.82, 2.24) is 4.31 Å². The van der Waals surface area contributed by atoms with Gasteiger partial charge in [-0.15, -0.1) is 11.8 Å². The molecule has 0 aromatic heterocycles. The topological polar surface area (TPSA) is 84.9 Å². The van der Waals surface area contributed by atoms with E-state index in [-0.39, 0.29) is 10.8 Å². The summed E-state index contributed by atoms with van der Waals surface area (Å²) in [6.07, 6.45) is 2.76. The van der Waals surface area contributed by atoms with E-state index in [0.29, 0.717) is 24.5 Å². The summed E-state index contributed by atoms with van der Waals surface area (Å²) in [4.78, 5) is 13.9. The molecule has 1 fully saturated rings. The standard InChI is InChI=1S/C22H28N2O5S2/c1-16(30-18-9-7-17(28-2)8-10-18)22(25)23-20-15-19(11-12-21(20)29-3)31(26,27)24-13-5-4-6-14-24/h7-12,15-16H,4-6,13-14H2,1-3H3,(H,23,25). The molecule has 168 valence electrons. The van der Waals surface area contributed by atoms with Crippen LogP contribution in [-0.2, 0) is 14.8 Å². The van der Waals surface area contributed by atoms with E-state index in [2.05, 4.69) is 5.32 Å². The Bertz CT molecular complexity index is 1000. The van der Waals surface area contributed by atoms with E-state index in [1.165, 1.54) is 35.3 Å². The second-order valence-electron chi connectivity index (χ2n) is 7.25. The largest absolute Gasteiger partial charge is 0.497 e. The van der Waals surface area contributed by atoms with Crippen molar-refractivity contribution >= 4 is 33.4 Å². The van der Waals surface area contributed by atoms with Crippen LogP contribution in [0.15, 0.2) is 52.3 Å². The maximum atomic E-state index is 13.0. The van der Waals surface area contributed by atoms with Crippen molar-refractivity contribution in [3.8, 4) is 11.5 Å². The van der Waals surface area contributed by atoms with Gasteiger partial charge in [0.1, 0.15) is 11.5 Å². The van der Waals surface area contributed by atoms with Gasteiger partial charge in [0.2, 0.25) is 15.9 Å². The first-order chi connectivity index (χ1) is 14.8. The number of methoxy groups -OCH3 is 2. The Morgan fingerprint density at radius 3 is 2.32 bits per heavy atom. The van der Waals surface area contributed by atoms with Crippen LogP contribution >= 0.6 is 11.8 Å². The number of thioether (sulfide) groups is 1. The van der Waals surface area contributed by atoms with Gasteiger partial charge in [-0.25, -0.2) is 8.42 Å². The number of benzene rings is 2. The highest BCUT2D eigenvalue weighted by atomic mass is 32.2. The Kier molecular flexibility index (Phi) is 7.85. The molecule has 1 unspecified atom stereocenters. The van der Waals surface area contributed by atoms with Crippen LogP contribution in [-0.4, -0.2) is 51.2 Å². The molecule has 1 atom stereocenters. The molecular formula is C22H28N2O5S2. The summed E-state index contributed by atoms with van der Waals surface area (Å²) in [6, 6.07) is 12.0. The molecule has 1 N–H and O–H groups in total. The van der Waals surface area contributed by atoms with Crippen LogP contribution in [0, 0.1) is 0 Å². The Balaban J connectivity index is 1.75. The van der Waals surface area contributed by atoms with E-state index >= 15 is 0 Å². The fourth-order valence-electron chi connectivity index (χ4n) is 3.35. The minimum atomic E-state index is -3.61. The number of amides is 1. The van der Waals surface area contributed by atoms with Crippen LogP contribution < -0.4 is 14.8 Å². The zero-order valence-electron chi connectivity index (χ0n) is 18.0. The molecule has 0 aliphatic carbocycles. The second-order valence-corrected chi connectivity index (χ2v) is 10.6. The third-order valence-electron chi connectivity index (χ3n) is 5.12. The molecule has 0 bridgehead atoms.